The normalized spacial score (nSPS) is 10.8. The third kappa shape index (κ3) is 10.0. The Morgan fingerprint density at radius 3 is 1.84 bits per heavy atom. The Morgan fingerprint density at radius 2 is 1.28 bits per heavy atom. The van der Waals surface area contributed by atoms with Crippen LogP contribution in [0.3, 0.4) is 0 Å². The molecule has 0 unspecified atom stereocenters. The Hall–Kier alpha value is -2.78. The third-order valence-corrected chi connectivity index (χ3v) is 4.74. The number of aliphatic hydroxyl groups excluding tert-OH is 2. The molecule has 2 N–H and O–H groups in total. The molecule has 0 aliphatic carbocycles. The maximum Gasteiger partial charge on any atom is 0.308 e. The minimum Gasteiger partial charge on any atom is -0.461 e. The second-order valence-corrected chi connectivity index (χ2v) is 7.19. The highest BCUT2D eigenvalue weighted by Crippen LogP contribution is 2.08. The van der Waals surface area contributed by atoms with Gasteiger partial charge in [-0.05, 0) is 11.1 Å². The number of aliphatic hydroxyl groups is 2. The Balaban J connectivity index is 1.88. The summed E-state index contributed by atoms with van der Waals surface area (Å²) in [6, 6.07) is 18.8. The maximum atomic E-state index is 12.8. The van der Waals surface area contributed by atoms with Crippen molar-refractivity contribution in [1.82, 2.24) is 9.96 Å². The molecule has 0 aliphatic rings. The minimum atomic E-state index is -0.419. The number of hydroxylamine groups is 2. The summed E-state index contributed by atoms with van der Waals surface area (Å²) < 4.78 is 5.29. The first-order valence-electron chi connectivity index (χ1n) is 10.7. The van der Waals surface area contributed by atoms with Crippen molar-refractivity contribution in [2.24, 2.45) is 0 Å². The van der Waals surface area contributed by atoms with E-state index in [2.05, 4.69) is 0 Å². The van der Waals surface area contributed by atoms with Crippen LogP contribution in [0.4, 0.5) is 0 Å². The van der Waals surface area contributed by atoms with E-state index in [1.54, 1.807) is 4.90 Å². The van der Waals surface area contributed by atoms with Gasteiger partial charge in [0.1, 0.15) is 13.2 Å². The molecule has 0 bridgehead atoms. The first kappa shape index (κ1) is 25.5. The number of esters is 1. The fourth-order valence-corrected chi connectivity index (χ4v) is 2.99. The van der Waals surface area contributed by atoms with Gasteiger partial charge in [-0.2, -0.15) is 0 Å². The van der Waals surface area contributed by atoms with Crippen LogP contribution in [0.1, 0.15) is 24.0 Å². The van der Waals surface area contributed by atoms with Gasteiger partial charge in [0.05, 0.1) is 26.2 Å². The van der Waals surface area contributed by atoms with Gasteiger partial charge in [0.15, 0.2) is 0 Å². The summed E-state index contributed by atoms with van der Waals surface area (Å²) in [5.41, 5.74) is 1.79. The average Bonchev–Trinajstić information content (AvgIpc) is 2.82. The molecular formula is C24H32N2O6. The van der Waals surface area contributed by atoms with Crippen LogP contribution < -0.4 is 0 Å². The van der Waals surface area contributed by atoms with Crippen LogP contribution in [-0.4, -0.2) is 71.4 Å². The number of ether oxygens (including phenoxy) is 1. The van der Waals surface area contributed by atoms with Crippen molar-refractivity contribution in [3.8, 4) is 0 Å². The molecule has 0 atom stereocenters. The fraction of sp³-hybridized carbons (Fsp3) is 0.417. The van der Waals surface area contributed by atoms with Crippen molar-refractivity contribution in [1.29, 1.82) is 0 Å². The van der Waals surface area contributed by atoms with Gasteiger partial charge < -0.3 is 14.9 Å². The zero-order valence-electron chi connectivity index (χ0n) is 18.3. The molecule has 0 saturated carbocycles. The van der Waals surface area contributed by atoms with Gasteiger partial charge >= 0.3 is 5.97 Å². The van der Waals surface area contributed by atoms with Crippen molar-refractivity contribution >= 4 is 11.9 Å². The zero-order chi connectivity index (χ0) is 23.0. The van der Waals surface area contributed by atoms with Gasteiger partial charge in [-0.1, -0.05) is 60.7 Å². The fourth-order valence-electron chi connectivity index (χ4n) is 2.99. The summed E-state index contributed by atoms with van der Waals surface area (Å²) in [7, 11) is 0. The molecular weight excluding hydrogens is 412 g/mol. The number of hydrogen-bond donors (Lipinski definition) is 2. The number of carbonyl (C=O) groups excluding carboxylic acids is 2. The highest BCUT2D eigenvalue weighted by Gasteiger charge is 2.18. The molecule has 0 aromatic heterocycles. The number of nitrogens with zero attached hydrogens (tertiary/aromatic N) is 2. The van der Waals surface area contributed by atoms with Crippen molar-refractivity contribution in [3.05, 3.63) is 71.8 Å². The van der Waals surface area contributed by atoms with E-state index in [1.807, 2.05) is 60.7 Å². The molecule has 0 fully saturated rings. The maximum absolute atomic E-state index is 12.8. The second-order valence-electron chi connectivity index (χ2n) is 7.19. The Morgan fingerprint density at radius 1 is 0.719 bits per heavy atom. The van der Waals surface area contributed by atoms with Crippen LogP contribution in [-0.2, 0) is 32.4 Å². The van der Waals surface area contributed by atoms with Crippen LogP contribution >= 0.6 is 0 Å². The van der Waals surface area contributed by atoms with Crippen LogP contribution in [0.2, 0.25) is 0 Å². The van der Waals surface area contributed by atoms with E-state index in [9.17, 15) is 9.59 Å². The molecule has 32 heavy (non-hydrogen) atoms. The monoisotopic (exact) mass is 444 g/mol. The van der Waals surface area contributed by atoms with Crippen LogP contribution in [0.5, 0.6) is 0 Å². The van der Waals surface area contributed by atoms with Crippen LogP contribution in [0, 0.1) is 0 Å². The van der Waals surface area contributed by atoms with Crippen molar-refractivity contribution in [2.75, 3.05) is 39.4 Å². The van der Waals surface area contributed by atoms with Gasteiger partial charge in [-0.25, -0.2) is 5.06 Å². The molecule has 2 aromatic carbocycles. The highest BCUT2D eigenvalue weighted by atomic mass is 16.7. The summed E-state index contributed by atoms with van der Waals surface area (Å²) in [5, 5.41) is 19.5. The Bertz CT molecular complexity index is 782. The SMILES string of the molecule is O=C(CCN(OCc1ccccc1)C(=O)CCN(CCO)CCO)OCc1ccccc1. The van der Waals surface area contributed by atoms with E-state index < -0.39 is 5.97 Å². The Labute approximate surface area is 188 Å². The van der Waals surface area contributed by atoms with E-state index in [0.717, 1.165) is 11.1 Å². The van der Waals surface area contributed by atoms with E-state index in [4.69, 9.17) is 19.8 Å². The molecule has 2 aromatic rings. The largest absolute Gasteiger partial charge is 0.461 e. The van der Waals surface area contributed by atoms with Crippen molar-refractivity contribution in [3.63, 3.8) is 0 Å². The van der Waals surface area contributed by atoms with Crippen LogP contribution in [0.25, 0.3) is 0 Å². The Kier molecular flexibility index (Phi) is 12.0. The molecule has 174 valence electrons. The van der Waals surface area contributed by atoms with Gasteiger partial charge in [0.25, 0.3) is 0 Å². The summed E-state index contributed by atoms with van der Waals surface area (Å²) in [5.74, 6) is -0.699. The van der Waals surface area contributed by atoms with Crippen LogP contribution in [0.15, 0.2) is 60.7 Å². The lowest BCUT2D eigenvalue weighted by Crippen LogP contribution is -2.37. The predicted molar refractivity (Wildman–Crippen MR) is 119 cm³/mol. The average molecular weight is 445 g/mol. The molecule has 8 heteroatoms. The van der Waals surface area contributed by atoms with Crippen molar-refractivity contribution < 1.29 is 29.4 Å². The lowest BCUT2D eigenvalue weighted by molar-refractivity contribution is -0.193. The predicted octanol–water partition coefficient (Wildman–Crippen LogP) is 1.76. The summed E-state index contributed by atoms with van der Waals surface area (Å²) in [6.07, 6.45) is 0.137. The van der Waals surface area contributed by atoms with Gasteiger partial charge in [0.2, 0.25) is 5.91 Å². The van der Waals surface area contributed by atoms with E-state index >= 15 is 0 Å². The molecule has 0 heterocycles. The molecule has 0 saturated heterocycles. The van der Waals surface area contributed by atoms with E-state index in [-0.39, 0.29) is 51.7 Å². The lowest BCUT2D eigenvalue weighted by atomic mass is 10.2. The molecule has 8 nitrogen and oxygen atoms in total. The first-order chi connectivity index (χ1) is 15.6. The minimum absolute atomic E-state index is 0.00432. The molecule has 0 aliphatic heterocycles. The summed E-state index contributed by atoms with van der Waals surface area (Å²) in [6.45, 7) is 1.42. The third-order valence-electron chi connectivity index (χ3n) is 4.74. The van der Waals surface area contributed by atoms with E-state index in [0.29, 0.717) is 19.6 Å². The molecule has 1 amide bonds. The smallest absolute Gasteiger partial charge is 0.308 e. The standard InChI is InChI=1S/C24H32N2O6/c27-17-15-25(16-18-28)13-11-23(29)26(32-20-22-9-5-2-6-10-22)14-12-24(30)31-19-21-7-3-1-4-8-21/h1-10,27-28H,11-20H2. The number of rotatable bonds is 15. The first-order valence-corrected chi connectivity index (χ1v) is 10.7. The number of amides is 1. The van der Waals surface area contributed by atoms with E-state index in [1.165, 1.54) is 5.06 Å². The second kappa shape index (κ2) is 15.1. The topological polar surface area (TPSA) is 99.5 Å². The quantitative estimate of drug-likeness (QED) is 0.319. The molecule has 0 spiro atoms. The number of hydrogen-bond acceptors (Lipinski definition) is 7. The summed E-state index contributed by atoms with van der Waals surface area (Å²) in [4.78, 5) is 32.4. The lowest BCUT2D eigenvalue weighted by Gasteiger charge is -2.24. The molecule has 2 rings (SSSR count). The number of benzene rings is 2. The molecule has 0 radical (unpaired) electrons. The number of carbonyl (C=O) groups is 2. The summed E-state index contributed by atoms with van der Waals surface area (Å²) >= 11 is 0. The van der Waals surface area contributed by atoms with Gasteiger partial charge in [-0.3, -0.25) is 19.3 Å². The zero-order valence-corrected chi connectivity index (χ0v) is 18.3. The van der Waals surface area contributed by atoms with Crippen molar-refractivity contribution in [2.45, 2.75) is 26.1 Å². The highest BCUT2D eigenvalue weighted by molar-refractivity contribution is 5.76. The van der Waals surface area contributed by atoms with Gasteiger partial charge in [-0.15, -0.1) is 0 Å². The van der Waals surface area contributed by atoms with Gasteiger partial charge in [0, 0.05) is 26.1 Å².